The molecule has 0 saturated carbocycles. The fourth-order valence-electron chi connectivity index (χ4n) is 2.03. The number of hydrazone groups is 1. The lowest BCUT2D eigenvalue weighted by atomic mass is 10.1. The summed E-state index contributed by atoms with van der Waals surface area (Å²) in [6.07, 6.45) is 5.38. The van der Waals surface area contributed by atoms with Crippen LogP contribution in [0.3, 0.4) is 0 Å². The van der Waals surface area contributed by atoms with E-state index in [-0.39, 0.29) is 17.2 Å². The smallest absolute Gasteiger partial charge is 0.196 e. The van der Waals surface area contributed by atoms with Gasteiger partial charge >= 0.3 is 0 Å². The summed E-state index contributed by atoms with van der Waals surface area (Å²) >= 11 is 12.3. The van der Waals surface area contributed by atoms with Gasteiger partial charge in [-0.15, -0.1) is 11.6 Å². The van der Waals surface area contributed by atoms with E-state index >= 15 is 0 Å². The van der Waals surface area contributed by atoms with Gasteiger partial charge in [0.25, 0.3) is 0 Å². The predicted molar refractivity (Wildman–Crippen MR) is 80.1 cm³/mol. The molecule has 7 heteroatoms. The van der Waals surface area contributed by atoms with Crippen molar-refractivity contribution in [1.29, 1.82) is 0 Å². The summed E-state index contributed by atoms with van der Waals surface area (Å²) < 4.78 is 5.27. The van der Waals surface area contributed by atoms with Crippen molar-refractivity contribution in [3.05, 3.63) is 23.3 Å². The highest BCUT2D eigenvalue weighted by Crippen LogP contribution is 2.21. The Balaban J connectivity index is 2.07. The van der Waals surface area contributed by atoms with Gasteiger partial charge in [-0.3, -0.25) is 10.2 Å². The second-order valence-electron chi connectivity index (χ2n) is 4.58. The maximum Gasteiger partial charge on any atom is 0.196 e. The highest BCUT2D eigenvalue weighted by Gasteiger charge is 2.24. The lowest BCUT2D eigenvalue weighted by molar-refractivity contribution is -0.112. The van der Waals surface area contributed by atoms with Gasteiger partial charge in [0.05, 0.1) is 24.6 Å². The van der Waals surface area contributed by atoms with E-state index in [1.165, 1.54) is 6.92 Å². The van der Waals surface area contributed by atoms with Gasteiger partial charge in [-0.25, -0.2) is 0 Å². The van der Waals surface area contributed by atoms with Crippen molar-refractivity contribution >= 4 is 34.8 Å². The summed E-state index contributed by atoms with van der Waals surface area (Å²) in [5, 5.41) is 4.49. The number of hydrogen-bond acceptors (Lipinski definition) is 4. The van der Waals surface area contributed by atoms with Crippen molar-refractivity contribution in [2.75, 3.05) is 26.3 Å². The zero-order valence-corrected chi connectivity index (χ0v) is 12.7. The van der Waals surface area contributed by atoms with Crippen LogP contribution in [0.5, 0.6) is 0 Å². The van der Waals surface area contributed by atoms with Crippen LogP contribution in [0.1, 0.15) is 6.92 Å². The molecule has 0 spiro atoms. The summed E-state index contributed by atoms with van der Waals surface area (Å²) in [6, 6.07) is -0.321. The standard InChI is InChI=1S/C13H17Cl2N3O2/c1-9(19)13(18-5-7-20-8-6-18)17-16-12-10(14)3-2-4-11(12)15/h2-4,10,12,16H,5-8H2,1H3/b17-13-. The molecule has 2 aliphatic rings. The molecular weight excluding hydrogens is 301 g/mol. The molecule has 0 aromatic rings. The first-order valence-corrected chi connectivity index (χ1v) is 7.26. The molecule has 2 atom stereocenters. The molecule has 1 aliphatic carbocycles. The third-order valence-electron chi connectivity index (χ3n) is 3.10. The van der Waals surface area contributed by atoms with E-state index < -0.39 is 0 Å². The monoisotopic (exact) mass is 317 g/mol. The van der Waals surface area contributed by atoms with Gasteiger partial charge in [-0.1, -0.05) is 23.8 Å². The van der Waals surface area contributed by atoms with Crippen molar-refractivity contribution in [1.82, 2.24) is 10.3 Å². The Morgan fingerprint density at radius 1 is 1.50 bits per heavy atom. The zero-order valence-electron chi connectivity index (χ0n) is 11.2. The molecule has 110 valence electrons. The molecule has 2 unspecified atom stereocenters. The van der Waals surface area contributed by atoms with Crippen LogP contribution in [0.4, 0.5) is 0 Å². The van der Waals surface area contributed by atoms with Crippen LogP contribution in [-0.2, 0) is 9.53 Å². The second kappa shape index (κ2) is 7.11. The molecule has 2 rings (SSSR count). The molecule has 1 saturated heterocycles. The minimum atomic E-state index is -0.321. The van der Waals surface area contributed by atoms with Crippen LogP contribution in [0.25, 0.3) is 0 Å². The van der Waals surface area contributed by atoms with Gasteiger partial charge in [-0.2, -0.15) is 5.10 Å². The minimum Gasteiger partial charge on any atom is -0.378 e. The number of morpholine rings is 1. The van der Waals surface area contributed by atoms with Crippen LogP contribution in [0.15, 0.2) is 28.4 Å². The Morgan fingerprint density at radius 2 is 2.20 bits per heavy atom. The highest BCUT2D eigenvalue weighted by atomic mass is 35.5. The summed E-state index contributed by atoms with van der Waals surface area (Å²) in [6.45, 7) is 3.98. The highest BCUT2D eigenvalue weighted by molar-refractivity contribution is 6.37. The lowest BCUT2D eigenvalue weighted by Crippen LogP contribution is -2.45. The van der Waals surface area contributed by atoms with Crippen molar-refractivity contribution in [2.45, 2.75) is 18.3 Å². The van der Waals surface area contributed by atoms with Crippen LogP contribution in [0.2, 0.25) is 0 Å². The quantitative estimate of drug-likeness (QED) is 0.371. The third-order valence-corrected chi connectivity index (χ3v) is 3.86. The van der Waals surface area contributed by atoms with Crippen LogP contribution in [0, 0.1) is 0 Å². The Bertz CT molecular complexity index is 457. The Labute approximate surface area is 128 Å². The number of halogens is 2. The molecular formula is C13H17Cl2N3O2. The SMILES string of the molecule is CC(=O)/C(=N/NC1C(Cl)=CC=CC1Cl)N1CCOCC1. The van der Waals surface area contributed by atoms with Gasteiger partial charge < -0.3 is 9.64 Å². The number of Topliss-reactive ketones (excluding diaryl/α,β-unsaturated/α-hetero) is 1. The molecule has 0 amide bonds. The van der Waals surface area contributed by atoms with Crippen molar-refractivity contribution < 1.29 is 9.53 Å². The first-order valence-electron chi connectivity index (χ1n) is 6.44. The fourth-order valence-corrected chi connectivity index (χ4v) is 2.63. The molecule has 0 aromatic heterocycles. The summed E-state index contributed by atoms with van der Waals surface area (Å²) in [5.41, 5.74) is 2.90. The van der Waals surface area contributed by atoms with E-state index in [1.54, 1.807) is 12.2 Å². The number of rotatable bonds is 3. The van der Waals surface area contributed by atoms with Crippen LogP contribution < -0.4 is 5.43 Å². The first kappa shape index (κ1) is 15.4. The lowest BCUT2D eigenvalue weighted by Gasteiger charge is -2.29. The number of ether oxygens (including phenoxy) is 1. The average molecular weight is 318 g/mol. The van der Waals surface area contributed by atoms with Gasteiger partial charge in [-0.05, 0) is 6.08 Å². The second-order valence-corrected chi connectivity index (χ2v) is 5.52. The molecule has 5 nitrogen and oxygen atoms in total. The summed E-state index contributed by atoms with van der Waals surface area (Å²) in [4.78, 5) is 13.6. The number of hydrogen-bond donors (Lipinski definition) is 1. The number of ketones is 1. The van der Waals surface area contributed by atoms with Gasteiger partial charge in [0.2, 0.25) is 0 Å². The van der Waals surface area contributed by atoms with E-state index in [1.807, 2.05) is 11.0 Å². The van der Waals surface area contributed by atoms with Crippen LogP contribution >= 0.6 is 23.2 Å². The molecule has 0 bridgehead atoms. The number of carbonyl (C=O) groups is 1. The number of alkyl halides is 1. The summed E-state index contributed by atoms with van der Waals surface area (Å²) in [7, 11) is 0. The molecule has 0 radical (unpaired) electrons. The van der Waals surface area contributed by atoms with Gasteiger partial charge in [0, 0.05) is 25.0 Å². The normalized spacial score (nSPS) is 27.2. The van der Waals surface area contributed by atoms with Crippen molar-refractivity contribution in [3.8, 4) is 0 Å². The fraction of sp³-hybridized carbons (Fsp3) is 0.538. The number of amidine groups is 1. The maximum absolute atomic E-state index is 11.7. The number of nitrogens with one attached hydrogen (secondary N) is 1. The number of carbonyl (C=O) groups excluding carboxylic acids is 1. The van der Waals surface area contributed by atoms with E-state index in [0.717, 1.165) is 0 Å². The Hall–Kier alpha value is -1.04. The average Bonchev–Trinajstić information content (AvgIpc) is 2.43. The van der Waals surface area contributed by atoms with E-state index in [9.17, 15) is 4.79 Å². The topological polar surface area (TPSA) is 53.9 Å². The minimum absolute atomic E-state index is 0.100. The van der Waals surface area contributed by atoms with Crippen molar-refractivity contribution in [3.63, 3.8) is 0 Å². The molecule has 0 aromatic carbocycles. The number of nitrogens with zero attached hydrogens (tertiary/aromatic N) is 2. The van der Waals surface area contributed by atoms with Gasteiger partial charge in [0.15, 0.2) is 11.6 Å². The van der Waals surface area contributed by atoms with E-state index in [4.69, 9.17) is 27.9 Å². The van der Waals surface area contributed by atoms with Crippen molar-refractivity contribution in [2.24, 2.45) is 5.10 Å². The Morgan fingerprint density at radius 3 is 2.80 bits per heavy atom. The molecule has 1 fully saturated rings. The zero-order chi connectivity index (χ0) is 14.5. The first-order chi connectivity index (χ1) is 9.59. The van der Waals surface area contributed by atoms with Gasteiger partial charge in [0.1, 0.15) is 0 Å². The molecule has 1 heterocycles. The maximum atomic E-state index is 11.7. The summed E-state index contributed by atoms with van der Waals surface area (Å²) in [5.74, 6) is 0.285. The predicted octanol–water partition coefficient (Wildman–Crippen LogP) is 1.48. The molecule has 1 N–H and O–H groups in total. The molecule has 20 heavy (non-hydrogen) atoms. The van der Waals surface area contributed by atoms with Crippen LogP contribution in [-0.4, -0.2) is 54.2 Å². The Kier molecular flexibility index (Phi) is 5.46. The number of allylic oxidation sites excluding steroid dienone is 2. The van der Waals surface area contributed by atoms with E-state index in [2.05, 4.69) is 10.5 Å². The van der Waals surface area contributed by atoms with E-state index in [0.29, 0.717) is 37.2 Å². The molecule has 1 aliphatic heterocycles. The largest absolute Gasteiger partial charge is 0.378 e. The third kappa shape index (κ3) is 3.75.